The van der Waals surface area contributed by atoms with Gasteiger partial charge in [0.1, 0.15) is 5.75 Å². The summed E-state index contributed by atoms with van der Waals surface area (Å²) in [6.07, 6.45) is 0. The van der Waals surface area contributed by atoms with Crippen molar-refractivity contribution in [2.45, 2.75) is 5.16 Å². The van der Waals surface area contributed by atoms with Crippen LogP contribution < -0.4 is 4.74 Å². The first kappa shape index (κ1) is 15.5. The second-order valence-electron chi connectivity index (χ2n) is 5.39. The molecule has 126 valence electrons. The first-order valence-corrected chi connectivity index (χ1v) is 8.47. The van der Waals surface area contributed by atoms with Gasteiger partial charge in [-0.05, 0) is 42.5 Å². The summed E-state index contributed by atoms with van der Waals surface area (Å²) in [4.78, 5) is 0. The van der Waals surface area contributed by atoms with Gasteiger partial charge >= 0.3 is 0 Å². The van der Waals surface area contributed by atoms with Crippen LogP contribution in [0.1, 0.15) is 5.56 Å². The molecule has 0 bridgehead atoms. The molecule has 0 spiro atoms. The van der Waals surface area contributed by atoms with E-state index in [1.807, 2.05) is 24.3 Å². The first-order chi connectivity index (χ1) is 12.2. The third-order valence-corrected chi connectivity index (χ3v) is 4.76. The molecule has 0 atom stereocenters. The minimum atomic E-state index is -0.171. The summed E-state index contributed by atoms with van der Waals surface area (Å²) in [7, 11) is 1.62. The lowest BCUT2D eigenvalue weighted by Gasteiger charge is -2.14. The van der Waals surface area contributed by atoms with Crippen LogP contribution in [0.3, 0.4) is 0 Å². The van der Waals surface area contributed by atoms with Crippen LogP contribution in [0, 0.1) is 0 Å². The summed E-state index contributed by atoms with van der Waals surface area (Å²) in [5.74, 6) is 1.67. The van der Waals surface area contributed by atoms with Crippen molar-refractivity contribution in [2.75, 3.05) is 12.9 Å². The SMILES string of the molecule is COc1ccc(-c2nnc3n2N=C(c2ccc(O)c(O)c2)CS3)cc1. The molecule has 25 heavy (non-hydrogen) atoms. The van der Waals surface area contributed by atoms with Gasteiger partial charge in [0.15, 0.2) is 17.3 Å². The van der Waals surface area contributed by atoms with Crippen LogP contribution in [-0.2, 0) is 0 Å². The summed E-state index contributed by atoms with van der Waals surface area (Å²) < 4.78 is 6.87. The number of ether oxygens (including phenoxy) is 1. The van der Waals surface area contributed by atoms with Gasteiger partial charge in [-0.15, -0.1) is 10.2 Å². The molecule has 1 aromatic heterocycles. The van der Waals surface area contributed by atoms with Crippen molar-refractivity contribution in [2.24, 2.45) is 5.10 Å². The van der Waals surface area contributed by atoms with Crippen molar-refractivity contribution in [3.63, 3.8) is 0 Å². The van der Waals surface area contributed by atoms with E-state index >= 15 is 0 Å². The molecule has 0 saturated carbocycles. The normalized spacial score (nSPS) is 13.2. The summed E-state index contributed by atoms with van der Waals surface area (Å²) in [5.41, 5.74) is 2.38. The van der Waals surface area contributed by atoms with Gasteiger partial charge in [-0.3, -0.25) is 0 Å². The zero-order valence-corrected chi connectivity index (χ0v) is 14.1. The molecule has 0 saturated heterocycles. The Morgan fingerprint density at radius 2 is 1.76 bits per heavy atom. The van der Waals surface area contributed by atoms with Crippen molar-refractivity contribution >= 4 is 17.5 Å². The maximum absolute atomic E-state index is 9.71. The zero-order valence-electron chi connectivity index (χ0n) is 13.2. The maximum Gasteiger partial charge on any atom is 0.212 e. The Balaban J connectivity index is 1.75. The second kappa shape index (κ2) is 6.14. The molecule has 4 rings (SSSR count). The number of hydrogen-bond donors (Lipinski definition) is 2. The Morgan fingerprint density at radius 3 is 2.48 bits per heavy atom. The molecular weight excluding hydrogens is 340 g/mol. The number of rotatable bonds is 3. The third kappa shape index (κ3) is 2.80. The third-order valence-electron chi connectivity index (χ3n) is 3.83. The number of aromatic nitrogens is 3. The van der Waals surface area contributed by atoms with E-state index in [4.69, 9.17) is 4.74 Å². The predicted octanol–water partition coefficient (Wildman–Crippen LogP) is 2.72. The largest absolute Gasteiger partial charge is 0.504 e. The fourth-order valence-corrected chi connectivity index (χ4v) is 3.33. The van der Waals surface area contributed by atoms with E-state index in [0.717, 1.165) is 22.6 Å². The molecule has 0 unspecified atom stereocenters. The van der Waals surface area contributed by atoms with Gasteiger partial charge in [0.25, 0.3) is 0 Å². The number of methoxy groups -OCH3 is 1. The lowest BCUT2D eigenvalue weighted by Crippen LogP contribution is -2.13. The second-order valence-corrected chi connectivity index (χ2v) is 6.33. The molecule has 8 heteroatoms. The molecule has 1 aliphatic rings. The van der Waals surface area contributed by atoms with Crippen molar-refractivity contribution in [3.05, 3.63) is 48.0 Å². The molecular formula is C17H14N4O3S. The molecule has 0 amide bonds. The molecule has 0 radical (unpaired) electrons. The summed E-state index contributed by atoms with van der Waals surface area (Å²) in [6, 6.07) is 12.2. The number of fused-ring (bicyclic) bond motifs is 1. The van der Waals surface area contributed by atoms with Crippen LogP contribution in [0.25, 0.3) is 11.4 Å². The summed E-state index contributed by atoms with van der Waals surface area (Å²) in [6.45, 7) is 0. The Hall–Kier alpha value is -3.00. The average molecular weight is 354 g/mol. The van der Waals surface area contributed by atoms with Gasteiger partial charge in [0.05, 0.1) is 12.8 Å². The molecule has 1 aliphatic heterocycles. The van der Waals surface area contributed by atoms with E-state index in [0.29, 0.717) is 16.7 Å². The molecule has 2 aromatic carbocycles. The van der Waals surface area contributed by atoms with E-state index in [1.54, 1.807) is 17.9 Å². The lowest BCUT2D eigenvalue weighted by molar-refractivity contribution is 0.403. The van der Waals surface area contributed by atoms with Crippen LogP contribution in [0.5, 0.6) is 17.2 Å². The minimum Gasteiger partial charge on any atom is -0.504 e. The molecule has 2 N–H and O–H groups in total. The average Bonchev–Trinajstić information content (AvgIpc) is 3.07. The standard InChI is InChI=1S/C17H14N4O3S/c1-24-12-5-2-10(3-6-12)16-18-19-17-21(16)20-13(9-25-17)11-4-7-14(22)15(23)8-11/h2-8,22-23H,9H2,1H3. The molecule has 2 heterocycles. The van der Waals surface area contributed by atoms with Crippen molar-refractivity contribution in [1.29, 1.82) is 0 Å². The highest BCUT2D eigenvalue weighted by molar-refractivity contribution is 7.99. The van der Waals surface area contributed by atoms with Crippen molar-refractivity contribution < 1.29 is 14.9 Å². The Labute approximate surface area is 147 Å². The van der Waals surface area contributed by atoms with E-state index in [2.05, 4.69) is 15.3 Å². The number of hydrogen-bond acceptors (Lipinski definition) is 7. The highest BCUT2D eigenvalue weighted by Gasteiger charge is 2.21. The zero-order chi connectivity index (χ0) is 17.4. The van der Waals surface area contributed by atoms with Crippen LogP contribution in [0.15, 0.2) is 52.7 Å². The van der Waals surface area contributed by atoms with Crippen LogP contribution in [-0.4, -0.2) is 43.7 Å². The molecule has 3 aromatic rings. The first-order valence-electron chi connectivity index (χ1n) is 7.48. The van der Waals surface area contributed by atoms with Gasteiger partial charge in [0.2, 0.25) is 5.16 Å². The van der Waals surface area contributed by atoms with Gasteiger partial charge in [-0.1, -0.05) is 11.8 Å². The Morgan fingerprint density at radius 1 is 1.00 bits per heavy atom. The molecule has 0 aliphatic carbocycles. The highest BCUT2D eigenvalue weighted by atomic mass is 32.2. The number of phenolic OH excluding ortho intramolecular Hbond substituents is 2. The highest BCUT2D eigenvalue weighted by Crippen LogP contribution is 2.31. The predicted molar refractivity (Wildman–Crippen MR) is 94.4 cm³/mol. The summed E-state index contributed by atoms with van der Waals surface area (Å²) in [5, 5.41) is 32.9. The fraction of sp³-hybridized carbons (Fsp3) is 0.118. The summed E-state index contributed by atoms with van der Waals surface area (Å²) >= 11 is 1.51. The van der Waals surface area contributed by atoms with E-state index in [1.165, 1.54) is 23.9 Å². The van der Waals surface area contributed by atoms with Crippen molar-refractivity contribution in [3.8, 4) is 28.6 Å². The topological polar surface area (TPSA) is 92.8 Å². The monoisotopic (exact) mass is 354 g/mol. The quantitative estimate of drug-likeness (QED) is 0.703. The fourth-order valence-electron chi connectivity index (χ4n) is 2.49. The maximum atomic E-state index is 9.71. The van der Waals surface area contributed by atoms with Crippen LogP contribution in [0.4, 0.5) is 0 Å². The van der Waals surface area contributed by atoms with E-state index in [9.17, 15) is 10.2 Å². The Bertz CT molecular complexity index is 967. The van der Waals surface area contributed by atoms with Crippen LogP contribution in [0.2, 0.25) is 0 Å². The lowest BCUT2D eigenvalue weighted by atomic mass is 10.1. The van der Waals surface area contributed by atoms with E-state index < -0.39 is 0 Å². The number of phenols is 2. The number of aromatic hydroxyl groups is 2. The van der Waals surface area contributed by atoms with Gasteiger partial charge in [-0.2, -0.15) is 9.78 Å². The van der Waals surface area contributed by atoms with Gasteiger partial charge in [-0.25, -0.2) is 0 Å². The molecule has 7 nitrogen and oxygen atoms in total. The number of thioether (sulfide) groups is 1. The van der Waals surface area contributed by atoms with Gasteiger partial charge < -0.3 is 14.9 Å². The molecule has 0 fully saturated rings. The minimum absolute atomic E-state index is 0.156. The van der Waals surface area contributed by atoms with Crippen molar-refractivity contribution in [1.82, 2.24) is 14.9 Å². The smallest absolute Gasteiger partial charge is 0.212 e. The van der Waals surface area contributed by atoms with Crippen LogP contribution >= 0.6 is 11.8 Å². The Kier molecular flexibility index (Phi) is 3.81. The van der Waals surface area contributed by atoms with E-state index in [-0.39, 0.29) is 11.5 Å². The van der Waals surface area contributed by atoms with Gasteiger partial charge in [0, 0.05) is 16.9 Å². The number of nitrogens with zero attached hydrogens (tertiary/aromatic N) is 4. The number of benzene rings is 2.